The van der Waals surface area contributed by atoms with Crippen LogP contribution in [-0.2, 0) is 11.2 Å². The Hall–Kier alpha value is -2.45. The van der Waals surface area contributed by atoms with E-state index in [4.69, 9.17) is 23.2 Å². The minimum Gasteiger partial charge on any atom is -0.340 e. The molecule has 36 heavy (non-hydrogen) atoms. The molecule has 2 aliphatic heterocycles. The monoisotopic (exact) mass is 545 g/mol. The molecule has 3 heterocycles. The van der Waals surface area contributed by atoms with Crippen molar-refractivity contribution < 1.29 is 14.0 Å². The smallest absolute Gasteiger partial charge is 0.255 e. The number of rotatable bonds is 4. The van der Waals surface area contributed by atoms with Gasteiger partial charge in [0.2, 0.25) is 5.91 Å². The van der Waals surface area contributed by atoms with Gasteiger partial charge in [-0.25, -0.2) is 4.39 Å². The van der Waals surface area contributed by atoms with Crippen LogP contribution >= 0.6 is 34.5 Å². The molecule has 1 saturated heterocycles. The fourth-order valence-electron chi connectivity index (χ4n) is 5.08. The Morgan fingerprint density at radius 1 is 0.972 bits per heavy atom. The van der Waals surface area contributed by atoms with Crippen molar-refractivity contribution in [1.29, 1.82) is 0 Å². The Morgan fingerprint density at radius 2 is 1.78 bits per heavy atom. The van der Waals surface area contributed by atoms with Gasteiger partial charge in [-0.05, 0) is 65.7 Å². The Bertz CT molecular complexity index is 1280. The Balaban J connectivity index is 1.28. The number of fused-ring (bicyclic) bond motifs is 1. The van der Waals surface area contributed by atoms with E-state index in [0.717, 1.165) is 24.1 Å². The molecule has 0 N–H and O–H groups in total. The maximum atomic E-state index is 14.1. The topological polar surface area (TPSA) is 43.9 Å². The molecule has 5 rings (SSSR count). The first-order valence-corrected chi connectivity index (χ1v) is 13.6. The van der Waals surface area contributed by atoms with E-state index in [2.05, 4.69) is 16.3 Å². The second kappa shape index (κ2) is 10.9. The van der Waals surface area contributed by atoms with Gasteiger partial charge in [-0.2, -0.15) is 0 Å². The molecule has 0 spiro atoms. The Labute approximate surface area is 224 Å². The highest BCUT2D eigenvalue weighted by Gasteiger charge is 2.33. The van der Waals surface area contributed by atoms with Crippen LogP contribution in [0.2, 0.25) is 10.0 Å². The first-order valence-electron chi connectivity index (χ1n) is 12.0. The summed E-state index contributed by atoms with van der Waals surface area (Å²) in [5, 5.41) is 2.87. The van der Waals surface area contributed by atoms with Crippen molar-refractivity contribution in [1.82, 2.24) is 14.7 Å². The number of hydrogen-bond acceptors (Lipinski definition) is 4. The molecule has 188 valence electrons. The number of carbonyl (C=O) groups is 2. The van der Waals surface area contributed by atoms with Crippen molar-refractivity contribution >= 4 is 46.4 Å². The molecule has 1 atom stereocenters. The van der Waals surface area contributed by atoms with Crippen LogP contribution in [-0.4, -0.2) is 65.8 Å². The van der Waals surface area contributed by atoms with E-state index < -0.39 is 0 Å². The van der Waals surface area contributed by atoms with E-state index in [0.29, 0.717) is 48.2 Å². The van der Waals surface area contributed by atoms with Crippen LogP contribution in [0, 0.1) is 5.82 Å². The van der Waals surface area contributed by atoms with Gasteiger partial charge in [0, 0.05) is 42.6 Å². The highest BCUT2D eigenvalue weighted by atomic mass is 35.5. The maximum absolute atomic E-state index is 14.1. The number of benzene rings is 2. The number of amides is 2. The summed E-state index contributed by atoms with van der Waals surface area (Å²) in [7, 11) is 0. The number of carbonyl (C=O) groups excluding carboxylic acids is 2. The molecule has 0 aliphatic carbocycles. The third kappa shape index (κ3) is 5.30. The predicted octanol–water partition coefficient (Wildman–Crippen LogP) is 5.52. The third-order valence-corrected chi connectivity index (χ3v) is 8.41. The highest BCUT2D eigenvalue weighted by molar-refractivity contribution is 7.10. The van der Waals surface area contributed by atoms with E-state index in [9.17, 15) is 14.0 Å². The van der Waals surface area contributed by atoms with Crippen LogP contribution in [0.5, 0.6) is 0 Å². The summed E-state index contributed by atoms with van der Waals surface area (Å²) in [6.07, 6.45) is 1.56. The average Bonchev–Trinajstić information content (AvgIpc) is 3.19. The summed E-state index contributed by atoms with van der Waals surface area (Å²) in [4.78, 5) is 33.5. The molecular formula is C27H26Cl2FN3O2S. The molecule has 9 heteroatoms. The van der Waals surface area contributed by atoms with Crippen LogP contribution in [0.1, 0.15) is 38.8 Å². The molecule has 3 aromatic rings. The molecule has 0 saturated carbocycles. The summed E-state index contributed by atoms with van der Waals surface area (Å²) in [6, 6.07) is 13.4. The van der Waals surface area contributed by atoms with Crippen molar-refractivity contribution in [2.75, 3.05) is 39.3 Å². The van der Waals surface area contributed by atoms with Crippen LogP contribution in [0.25, 0.3) is 0 Å². The highest BCUT2D eigenvalue weighted by Crippen LogP contribution is 2.37. The standard InChI is InChI=1S/C27H26Cl2FN3O2S/c28-19-5-6-21(23(29)16-19)27(35)32-10-2-9-31(12-13-32)25(34)17-33-11-7-24-22(8-14-36-24)26(33)18-3-1-4-20(30)15-18/h1,3-6,8,14-16,26H,2,7,9-13,17H2. The molecule has 1 aromatic heterocycles. The van der Waals surface area contributed by atoms with Crippen molar-refractivity contribution in [3.05, 3.63) is 91.3 Å². The zero-order chi connectivity index (χ0) is 25.2. The molecule has 2 aromatic carbocycles. The zero-order valence-corrected chi connectivity index (χ0v) is 22.0. The lowest BCUT2D eigenvalue weighted by Gasteiger charge is -2.37. The number of hydrogen-bond donors (Lipinski definition) is 0. The van der Waals surface area contributed by atoms with Gasteiger partial charge >= 0.3 is 0 Å². The van der Waals surface area contributed by atoms with Crippen LogP contribution in [0.15, 0.2) is 53.9 Å². The molecule has 1 fully saturated rings. The molecule has 1 unspecified atom stereocenters. The predicted molar refractivity (Wildman–Crippen MR) is 141 cm³/mol. The van der Waals surface area contributed by atoms with E-state index in [1.165, 1.54) is 10.9 Å². The number of thiophene rings is 1. The van der Waals surface area contributed by atoms with Crippen molar-refractivity contribution in [2.45, 2.75) is 18.9 Å². The Kier molecular flexibility index (Phi) is 7.62. The lowest BCUT2D eigenvalue weighted by Crippen LogP contribution is -2.45. The molecule has 5 nitrogen and oxygen atoms in total. The first-order chi connectivity index (χ1) is 17.4. The van der Waals surface area contributed by atoms with Gasteiger partial charge in [0.15, 0.2) is 0 Å². The Morgan fingerprint density at radius 3 is 2.58 bits per heavy atom. The SMILES string of the molecule is O=C(CN1CCc2sccc2C1c1cccc(F)c1)N1CCCN(C(=O)c2ccc(Cl)cc2Cl)CC1. The normalized spacial score (nSPS) is 18.6. The summed E-state index contributed by atoms with van der Waals surface area (Å²) in [5.41, 5.74) is 2.42. The van der Waals surface area contributed by atoms with Crippen molar-refractivity contribution in [2.24, 2.45) is 0 Å². The lowest BCUT2D eigenvalue weighted by atomic mass is 9.93. The van der Waals surface area contributed by atoms with E-state index >= 15 is 0 Å². The van der Waals surface area contributed by atoms with Gasteiger partial charge in [0.05, 0.1) is 23.2 Å². The van der Waals surface area contributed by atoms with Crippen LogP contribution in [0.3, 0.4) is 0 Å². The number of halogens is 3. The summed E-state index contributed by atoms with van der Waals surface area (Å²) >= 11 is 13.9. The molecular weight excluding hydrogens is 520 g/mol. The fourth-order valence-corrected chi connectivity index (χ4v) is 6.48. The van der Waals surface area contributed by atoms with E-state index in [-0.39, 0.29) is 30.2 Å². The third-order valence-electron chi connectivity index (χ3n) is 6.87. The van der Waals surface area contributed by atoms with Crippen LogP contribution in [0.4, 0.5) is 4.39 Å². The molecule has 0 bridgehead atoms. The lowest BCUT2D eigenvalue weighted by molar-refractivity contribution is -0.132. The summed E-state index contributed by atoms with van der Waals surface area (Å²) in [6.45, 7) is 3.00. The van der Waals surface area contributed by atoms with E-state index in [1.807, 2.05) is 11.0 Å². The van der Waals surface area contributed by atoms with E-state index in [1.54, 1.807) is 46.6 Å². The van der Waals surface area contributed by atoms with Gasteiger partial charge in [-0.15, -0.1) is 11.3 Å². The number of nitrogens with zero attached hydrogens (tertiary/aromatic N) is 3. The summed E-state index contributed by atoms with van der Waals surface area (Å²) in [5.74, 6) is -0.411. The van der Waals surface area contributed by atoms with Gasteiger partial charge in [0.1, 0.15) is 5.82 Å². The minimum atomic E-state index is -0.279. The van der Waals surface area contributed by atoms with Crippen molar-refractivity contribution in [3.8, 4) is 0 Å². The van der Waals surface area contributed by atoms with Gasteiger partial charge < -0.3 is 9.80 Å². The van der Waals surface area contributed by atoms with Crippen LogP contribution < -0.4 is 0 Å². The second-order valence-corrected chi connectivity index (χ2v) is 11.0. The molecule has 2 aliphatic rings. The molecule has 0 radical (unpaired) electrons. The largest absolute Gasteiger partial charge is 0.340 e. The van der Waals surface area contributed by atoms with Gasteiger partial charge in [-0.3, -0.25) is 14.5 Å². The molecule has 2 amide bonds. The maximum Gasteiger partial charge on any atom is 0.255 e. The van der Waals surface area contributed by atoms with Gasteiger partial charge in [-0.1, -0.05) is 35.3 Å². The fraction of sp³-hybridized carbons (Fsp3) is 0.333. The first kappa shape index (κ1) is 25.2. The average molecular weight is 546 g/mol. The van der Waals surface area contributed by atoms with Gasteiger partial charge in [0.25, 0.3) is 5.91 Å². The van der Waals surface area contributed by atoms with Crippen molar-refractivity contribution in [3.63, 3.8) is 0 Å². The zero-order valence-electron chi connectivity index (χ0n) is 19.6. The minimum absolute atomic E-state index is 0.0221. The quantitative estimate of drug-likeness (QED) is 0.433. The second-order valence-electron chi connectivity index (χ2n) is 9.13. The summed E-state index contributed by atoms with van der Waals surface area (Å²) < 4.78 is 14.1.